The molecule has 1 unspecified atom stereocenters. The molecule has 27 heavy (non-hydrogen) atoms. The van der Waals surface area contributed by atoms with Crippen LogP contribution < -0.4 is 11.0 Å². The van der Waals surface area contributed by atoms with Gasteiger partial charge in [0.05, 0.1) is 17.6 Å². The summed E-state index contributed by atoms with van der Waals surface area (Å²) in [6.45, 7) is 2.14. The fourth-order valence-electron chi connectivity index (χ4n) is 3.06. The van der Waals surface area contributed by atoms with Crippen LogP contribution in [0.15, 0.2) is 35.6 Å². The van der Waals surface area contributed by atoms with Gasteiger partial charge in [0.25, 0.3) is 6.43 Å². The molecule has 0 fully saturated rings. The van der Waals surface area contributed by atoms with Crippen molar-refractivity contribution in [1.82, 2.24) is 20.2 Å². The standard InChI is InChI=1S/C17H15BF3N5O/c1-8-23-24-14(27-8)7-26-13-5-10(6-22-15(13)16(18)25-26)9-2-3-12(19)11(4-9)17(20)21/h2-6,14,17,24H,7,18H2,1H3. The first-order valence-electron chi connectivity index (χ1n) is 8.30. The molecule has 1 aromatic carbocycles. The van der Waals surface area contributed by atoms with Gasteiger partial charge < -0.3 is 4.74 Å². The summed E-state index contributed by atoms with van der Waals surface area (Å²) in [5.41, 5.74) is 5.44. The van der Waals surface area contributed by atoms with E-state index in [1.165, 1.54) is 6.07 Å². The third-order valence-corrected chi connectivity index (χ3v) is 4.34. The van der Waals surface area contributed by atoms with Gasteiger partial charge in [0.2, 0.25) is 12.1 Å². The van der Waals surface area contributed by atoms with Crippen molar-refractivity contribution < 1.29 is 17.9 Å². The zero-order valence-electron chi connectivity index (χ0n) is 14.6. The van der Waals surface area contributed by atoms with E-state index in [0.29, 0.717) is 29.1 Å². The highest BCUT2D eigenvalue weighted by Crippen LogP contribution is 2.29. The summed E-state index contributed by atoms with van der Waals surface area (Å²) < 4.78 is 46.8. The first kappa shape index (κ1) is 17.4. The Balaban J connectivity index is 1.73. The first-order chi connectivity index (χ1) is 12.9. The Morgan fingerprint density at radius 2 is 2.11 bits per heavy atom. The van der Waals surface area contributed by atoms with Crippen LogP contribution in [0.3, 0.4) is 0 Å². The Morgan fingerprint density at radius 3 is 2.81 bits per heavy atom. The molecular formula is C17H15BF3N5O. The molecule has 4 rings (SSSR count). The van der Waals surface area contributed by atoms with Gasteiger partial charge in [0.15, 0.2) is 7.85 Å². The third-order valence-electron chi connectivity index (χ3n) is 4.34. The fraction of sp³-hybridized carbons (Fsp3) is 0.235. The van der Waals surface area contributed by atoms with Gasteiger partial charge in [-0.2, -0.15) is 5.10 Å². The van der Waals surface area contributed by atoms with Crippen molar-refractivity contribution in [2.75, 3.05) is 0 Å². The highest BCUT2D eigenvalue weighted by Gasteiger charge is 2.20. The molecule has 0 spiro atoms. The predicted octanol–water partition coefficient (Wildman–Crippen LogP) is 1.71. The molecule has 2 aromatic heterocycles. The number of aromatic nitrogens is 3. The number of ether oxygens (including phenoxy) is 1. The van der Waals surface area contributed by atoms with Crippen LogP contribution in [0.25, 0.3) is 22.2 Å². The van der Waals surface area contributed by atoms with Crippen molar-refractivity contribution in [2.24, 2.45) is 5.10 Å². The molecule has 138 valence electrons. The van der Waals surface area contributed by atoms with Gasteiger partial charge in [-0.05, 0) is 23.8 Å². The van der Waals surface area contributed by atoms with Gasteiger partial charge in [-0.3, -0.25) is 15.1 Å². The van der Waals surface area contributed by atoms with Gasteiger partial charge in [-0.15, -0.1) is 5.10 Å². The maximum atomic E-state index is 13.6. The van der Waals surface area contributed by atoms with Gasteiger partial charge in [-0.25, -0.2) is 13.2 Å². The number of hydrogen-bond donors (Lipinski definition) is 1. The van der Waals surface area contributed by atoms with Crippen LogP contribution in [0.2, 0.25) is 0 Å². The minimum absolute atomic E-state index is 0.354. The van der Waals surface area contributed by atoms with Crippen molar-refractivity contribution in [3.8, 4) is 11.1 Å². The lowest BCUT2D eigenvalue weighted by Gasteiger charge is -2.12. The molecule has 0 bridgehead atoms. The van der Waals surface area contributed by atoms with E-state index in [9.17, 15) is 13.2 Å². The minimum Gasteiger partial charge on any atom is -0.453 e. The van der Waals surface area contributed by atoms with E-state index in [0.717, 1.165) is 23.2 Å². The topological polar surface area (TPSA) is 64.3 Å². The van der Waals surface area contributed by atoms with Crippen LogP contribution in [-0.2, 0) is 11.3 Å². The second-order valence-corrected chi connectivity index (χ2v) is 6.26. The van der Waals surface area contributed by atoms with Crippen LogP contribution in [0.1, 0.15) is 18.9 Å². The number of rotatable bonds is 4. The number of pyridine rings is 1. The van der Waals surface area contributed by atoms with E-state index < -0.39 is 17.8 Å². The SMILES string of the molecule is Bc1nn(CC2NN=C(C)O2)c2cc(-c3ccc(F)c(C(F)F)c3)cnc12. The summed E-state index contributed by atoms with van der Waals surface area (Å²) in [5, 5.41) is 8.46. The molecule has 1 aliphatic rings. The molecule has 0 amide bonds. The second kappa shape index (κ2) is 6.60. The zero-order valence-corrected chi connectivity index (χ0v) is 14.6. The summed E-state index contributed by atoms with van der Waals surface area (Å²) in [4.78, 5) is 4.41. The fourth-order valence-corrected chi connectivity index (χ4v) is 3.06. The number of fused-ring (bicyclic) bond motifs is 1. The number of nitrogens with zero attached hydrogens (tertiary/aromatic N) is 4. The van der Waals surface area contributed by atoms with Crippen molar-refractivity contribution in [2.45, 2.75) is 26.1 Å². The number of hydrazone groups is 1. The van der Waals surface area contributed by atoms with E-state index in [-0.39, 0.29) is 6.23 Å². The summed E-state index contributed by atoms with van der Waals surface area (Å²) in [6.07, 6.45) is -1.67. The molecule has 1 aliphatic heterocycles. The van der Waals surface area contributed by atoms with Crippen molar-refractivity contribution in [1.29, 1.82) is 0 Å². The zero-order chi connectivity index (χ0) is 19.1. The summed E-state index contributed by atoms with van der Waals surface area (Å²) in [6, 6.07) is 5.44. The highest BCUT2D eigenvalue weighted by molar-refractivity contribution is 6.36. The molecule has 10 heteroatoms. The Hall–Kier alpha value is -3.04. The largest absolute Gasteiger partial charge is 0.453 e. The molecule has 0 radical (unpaired) electrons. The highest BCUT2D eigenvalue weighted by atomic mass is 19.3. The molecule has 0 aliphatic carbocycles. The molecule has 1 N–H and O–H groups in total. The van der Waals surface area contributed by atoms with Gasteiger partial charge in [-0.1, -0.05) is 6.07 Å². The third kappa shape index (κ3) is 3.22. The maximum Gasteiger partial charge on any atom is 0.266 e. The number of nitrogens with one attached hydrogen (secondary N) is 1. The quantitative estimate of drug-likeness (QED) is 0.708. The maximum absolute atomic E-state index is 13.6. The Bertz CT molecular complexity index is 1050. The van der Waals surface area contributed by atoms with Crippen molar-refractivity contribution in [3.63, 3.8) is 0 Å². The Kier molecular flexibility index (Phi) is 4.25. The number of halogens is 3. The van der Waals surface area contributed by atoms with Crippen LogP contribution in [0.4, 0.5) is 13.2 Å². The molecule has 0 saturated carbocycles. The normalized spacial score (nSPS) is 16.5. The van der Waals surface area contributed by atoms with E-state index in [1.54, 1.807) is 23.9 Å². The van der Waals surface area contributed by atoms with Crippen LogP contribution in [0.5, 0.6) is 0 Å². The van der Waals surface area contributed by atoms with E-state index >= 15 is 0 Å². The van der Waals surface area contributed by atoms with Crippen molar-refractivity contribution >= 4 is 30.4 Å². The lowest BCUT2D eigenvalue weighted by molar-refractivity contribution is 0.146. The predicted molar refractivity (Wildman–Crippen MR) is 97.2 cm³/mol. The van der Waals surface area contributed by atoms with Gasteiger partial charge in [0, 0.05) is 24.3 Å². The van der Waals surface area contributed by atoms with E-state index in [2.05, 4.69) is 20.6 Å². The average Bonchev–Trinajstić information content (AvgIpc) is 3.18. The number of hydrogen-bond acceptors (Lipinski definition) is 5. The lowest BCUT2D eigenvalue weighted by Crippen LogP contribution is -2.28. The first-order valence-corrected chi connectivity index (χ1v) is 8.30. The van der Waals surface area contributed by atoms with E-state index in [4.69, 9.17) is 4.74 Å². The van der Waals surface area contributed by atoms with E-state index in [1.807, 2.05) is 7.85 Å². The van der Waals surface area contributed by atoms with Crippen LogP contribution >= 0.6 is 0 Å². The molecule has 0 saturated heterocycles. The van der Waals surface area contributed by atoms with Crippen LogP contribution in [-0.4, -0.2) is 34.7 Å². The Labute approximate surface area is 153 Å². The molecule has 3 aromatic rings. The lowest BCUT2D eigenvalue weighted by atomic mass is 10.0. The number of benzene rings is 1. The number of alkyl halides is 2. The molecule has 6 nitrogen and oxygen atoms in total. The second-order valence-electron chi connectivity index (χ2n) is 6.26. The smallest absolute Gasteiger partial charge is 0.266 e. The van der Waals surface area contributed by atoms with Gasteiger partial charge in [0.1, 0.15) is 11.3 Å². The summed E-state index contributed by atoms with van der Waals surface area (Å²) in [5.74, 6) is -0.388. The molecular weight excluding hydrogens is 358 g/mol. The monoisotopic (exact) mass is 373 g/mol. The summed E-state index contributed by atoms with van der Waals surface area (Å²) >= 11 is 0. The average molecular weight is 373 g/mol. The molecule has 3 heterocycles. The molecule has 1 atom stereocenters. The van der Waals surface area contributed by atoms with Crippen LogP contribution in [0, 0.1) is 5.82 Å². The Morgan fingerprint density at radius 1 is 1.30 bits per heavy atom. The minimum atomic E-state index is -2.89. The van der Waals surface area contributed by atoms with Crippen molar-refractivity contribution in [3.05, 3.63) is 41.8 Å². The summed E-state index contributed by atoms with van der Waals surface area (Å²) in [7, 11) is 1.84. The van der Waals surface area contributed by atoms with Gasteiger partial charge >= 0.3 is 0 Å².